The van der Waals surface area contributed by atoms with Gasteiger partial charge in [0.2, 0.25) is 5.91 Å². The molecule has 5 rings (SSSR count). The number of rotatable bonds is 4. The number of aromatic nitrogens is 1. The highest BCUT2D eigenvalue weighted by molar-refractivity contribution is 6.35. The Morgan fingerprint density at radius 3 is 3.11 bits per heavy atom. The smallest absolute Gasteiger partial charge is 0.220 e. The summed E-state index contributed by atoms with van der Waals surface area (Å²) in [6.45, 7) is 0.762. The largest absolute Gasteiger partial charge is 0.493 e. The van der Waals surface area contributed by atoms with E-state index in [-0.39, 0.29) is 11.9 Å². The first-order chi connectivity index (χ1) is 13.7. The van der Waals surface area contributed by atoms with Crippen LogP contribution in [0, 0.1) is 0 Å². The molecule has 0 radical (unpaired) electrons. The Bertz CT molecular complexity index is 1060. The van der Waals surface area contributed by atoms with Gasteiger partial charge >= 0.3 is 0 Å². The molecule has 1 atom stereocenters. The van der Waals surface area contributed by atoms with Crippen molar-refractivity contribution >= 4 is 28.4 Å². The minimum Gasteiger partial charge on any atom is -0.493 e. The third kappa shape index (κ3) is 3.16. The number of halogens is 1. The number of H-pyrrole nitrogens is 1. The maximum absolute atomic E-state index is 12.6. The first-order valence-corrected chi connectivity index (χ1v) is 10.4. The monoisotopic (exact) mass is 394 g/mol. The number of fused-ring (bicyclic) bond motifs is 4. The van der Waals surface area contributed by atoms with Crippen LogP contribution in [0.3, 0.4) is 0 Å². The van der Waals surface area contributed by atoms with Gasteiger partial charge < -0.3 is 15.0 Å². The van der Waals surface area contributed by atoms with Crippen molar-refractivity contribution in [1.82, 2.24) is 10.3 Å². The van der Waals surface area contributed by atoms with Gasteiger partial charge in [-0.25, -0.2) is 0 Å². The Hall–Kier alpha value is -2.46. The number of nitrogens with one attached hydrogen (secondary N) is 2. The molecule has 2 heterocycles. The van der Waals surface area contributed by atoms with Crippen LogP contribution in [0.25, 0.3) is 10.9 Å². The van der Waals surface area contributed by atoms with Gasteiger partial charge in [-0.2, -0.15) is 0 Å². The second-order valence-electron chi connectivity index (χ2n) is 7.73. The van der Waals surface area contributed by atoms with Gasteiger partial charge in [-0.3, -0.25) is 4.79 Å². The molecule has 28 heavy (non-hydrogen) atoms. The minimum absolute atomic E-state index is 0.0353. The molecule has 4 nitrogen and oxygen atoms in total. The molecule has 0 saturated heterocycles. The zero-order chi connectivity index (χ0) is 19.1. The minimum atomic E-state index is 0.0353. The zero-order valence-electron chi connectivity index (χ0n) is 15.7. The summed E-state index contributed by atoms with van der Waals surface area (Å²) in [6, 6.07) is 12.3. The van der Waals surface area contributed by atoms with Crippen LogP contribution in [0.5, 0.6) is 5.75 Å². The van der Waals surface area contributed by atoms with Crippen LogP contribution < -0.4 is 10.1 Å². The number of carbonyl (C=O) groups is 1. The SMILES string of the molecule is O=C(CCc1ccc2c(c1)CCO2)N[C@@H]1CCCc2c1[nH]c1c(Cl)cccc21. The molecule has 144 valence electrons. The molecule has 0 spiro atoms. The number of benzene rings is 2. The lowest BCUT2D eigenvalue weighted by molar-refractivity contribution is -0.121. The Morgan fingerprint density at radius 2 is 2.18 bits per heavy atom. The molecular weight excluding hydrogens is 372 g/mol. The third-order valence-electron chi connectivity index (χ3n) is 5.92. The lowest BCUT2D eigenvalue weighted by Crippen LogP contribution is -2.31. The van der Waals surface area contributed by atoms with Crippen molar-refractivity contribution < 1.29 is 9.53 Å². The summed E-state index contributed by atoms with van der Waals surface area (Å²) in [5, 5.41) is 5.16. The van der Waals surface area contributed by atoms with Crippen molar-refractivity contribution in [3.8, 4) is 5.75 Å². The number of hydrogen-bond donors (Lipinski definition) is 2. The van der Waals surface area contributed by atoms with Gasteiger partial charge in [0.25, 0.3) is 0 Å². The van der Waals surface area contributed by atoms with Crippen molar-refractivity contribution in [3.05, 3.63) is 63.8 Å². The summed E-state index contributed by atoms with van der Waals surface area (Å²) >= 11 is 6.36. The maximum atomic E-state index is 12.6. The summed E-state index contributed by atoms with van der Waals surface area (Å²) in [6.07, 6.45) is 5.26. The lowest BCUT2D eigenvalue weighted by atomic mass is 9.91. The van der Waals surface area contributed by atoms with E-state index in [4.69, 9.17) is 16.3 Å². The Morgan fingerprint density at radius 1 is 1.25 bits per heavy atom. The summed E-state index contributed by atoms with van der Waals surface area (Å²) in [5.41, 5.74) is 5.85. The standard InChI is InChI=1S/C23H23ClN2O2/c24-18-5-1-3-16-17-4-2-6-19(23(17)26-22(16)18)25-21(27)10-8-14-7-9-20-15(13-14)11-12-28-20/h1,3,5,7,9,13,19,26H,2,4,6,8,10-12H2,(H,25,27)/t19-/m1/s1. The molecule has 2 N–H and O–H groups in total. The van der Waals surface area contributed by atoms with Crippen molar-refractivity contribution in [2.45, 2.75) is 44.6 Å². The zero-order valence-corrected chi connectivity index (χ0v) is 16.4. The van der Waals surface area contributed by atoms with Gasteiger partial charge in [-0.15, -0.1) is 0 Å². The second-order valence-corrected chi connectivity index (χ2v) is 8.14. The maximum Gasteiger partial charge on any atom is 0.220 e. The normalized spacial score (nSPS) is 17.8. The summed E-state index contributed by atoms with van der Waals surface area (Å²) in [5.74, 6) is 1.08. The Balaban J connectivity index is 1.28. The molecular formula is C23H23ClN2O2. The molecule has 1 aliphatic heterocycles. The van der Waals surface area contributed by atoms with Gasteiger partial charge in [0, 0.05) is 23.9 Å². The molecule has 5 heteroatoms. The van der Waals surface area contributed by atoms with E-state index >= 15 is 0 Å². The number of ether oxygens (including phenoxy) is 1. The van der Waals surface area contributed by atoms with Gasteiger partial charge in [0.1, 0.15) is 5.75 Å². The van der Waals surface area contributed by atoms with Crippen LogP contribution in [0.1, 0.15) is 47.7 Å². The predicted octanol–water partition coefficient (Wildman–Crippen LogP) is 4.88. The van der Waals surface area contributed by atoms with Crippen molar-refractivity contribution in [2.24, 2.45) is 0 Å². The molecule has 2 aromatic carbocycles. The summed E-state index contributed by atoms with van der Waals surface area (Å²) < 4.78 is 5.55. The fourth-order valence-electron chi connectivity index (χ4n) is 4.52. The van der Waals surface area contributed by atoms with Gasteiger partial charge in [-0.05, 0) is 54.5 Å². The van der Waals surface area contributed by atoms with Crippen LogP contribution in [-0.2, 0) is 24.1 Å². The molecule has 0 fully saturated rings. The molecule has 3 aromatic rings. The highest BCUT2D eigenvalue weighted by Crippen LogP contribution is 2.37. The molecule has 2 aliphatic rings. The van der Waals surface area contributed by atoms with Gasteiger partial charge in [-0.1, -0.05) is 35.9 Å². The molecule has 1 amide bonds. The number of para-hydroxylation sites is 1. The van der Waals surface area contributed by atoms with E-state index in [0.29, 0.717) is 6.42 Å². The quantitative estimate of drug-likeness (QED) is 0.662. The molecule has 1 aliphatic carbocycles. The van der Waals surface area contributed by atoms with Crippen LogP contribution in [0.4, 0.5) is 0 Å². The van der Waals surface area contributed by atoms with Crippen LogP contribution in [0.2, 0.25) is 5.02 Å². The first-order valence-electron chi connectivity index (χ1n) is 10.0. The predicted molar refractivity (Wildman–Crippen MR) is 111 cm³/mol. The Kier molecular flexibility index (Phi) is 4.52. The van der Waals surface area contributed by atoms with Crippen molar-refractivity contribution in [2.75, 3.05) is 6.61 Å². The highest BCUT2D eigenvalue weighted by atomic mass is 35.5. The number of aryl methyl sites for hydroxylation is 2. The topological polar surface area (TPSA) is 54.1 Å². The lowest BCUT2D eigenvalue weighted by Gasteiger charge is -2.24. The van der Waals surface area contributed by atoms with E-state index in [2.05, 4.69) is 28.5 Å². The molecule has 0 unspecified atom stereocenters. The van der Waals surface area contributed by atoms with E-state index in [1.165, 1.54) is 22.1 Å². The average Bonchev–Trinajstić information content (AvgIpc) is 3.32. The fraction of sp³-hybridized carbons (Fsp3) is 0.348. The first kappa shape index (κ1) is 17.6. The Labute approximate surface area is 169 Å². The van der Waals surface area contributed by atoms with E-state index in [1.54, 1.807) is 0 Å². The molecule has 1 aromatic heterocycles. The van der Waals surface area contributed by atoms with E-state index in [9.17, 15) is 4.79 Å². The van der Waals surface area contributed by atoms with Gasteiger partial charge in [0.05, 0.1) is 23.2 Å². The van der Waals surface area contributed by atoms with E-state index in [1.807, 2.05) is 18.2 Å². The molecule has 0 bridgehead atoms. The number of carbonyl (C=O) groups excluding carboxylic acids is 1. The van der Waals surface area contributed by atoms with E-state index < -0.39 is 0 Å². The third-order valence-corrected chi connectivity index (χ3v) is 6.24. The van der Waals surface area contributed by atoms with Crippen molar-refractivity contribution in [1.29, 1.82) is 0 Å². The van der Waals surface area contributed by atoms with Crippen LogP contribution in [0.15, 0.2) is 36.4 Å². The van der Waals surface area contributed by atoms with Crippen LogP contribution in [-0.4, -0.2) is 17.5 Å². The molecule has 0 saturated carbocycles. The summed E-state index contributed by atoms with van der Waals surface area (Å²) in [7, 11) is 0. The van der Waals surface area contributed by atoms with Gasteiger partial charge in [0.15, 0.2) is 0 Å². The number of hydrogen-bond acceptors (Lipinski definition) is 2. The number of aromatic amines is 1. The van der Waals surface area contributed by atoms with Crippen LogP contribution >= 0.6 is 11.6 Å². The fourth-order valence-corrected chi connectivity index (χ4v) is 4.74. The number of amides is 1. The second kappa shape index (κ2) is 7.17. The highest BCUT2D eigenvalue weighted by Gasteiger charge is 2.26. The van der Waals surface area contributed by atoms with E-state index in [0.717, 1.165) is 60.7 Å². The summed E-state index contributed by atoms with van der Waals surface area (Å²) in [4.78, 5) is 16.1. The average molecular weight is 395 g/mol. The van der Waals surface area contributed by atoms with Crippen molar-refractivity contribution in [3.63, 3.8) is 0 Å².